The molecule has 0 saturated carbocycles. The van der Waals surface area contributed by atoms with Gasteiger partial charge in [0.2, 0.25) is 17.8 Å². The van der Waals surface area contributed by atoms with Crippen molar-refractivity contribution in [3.05, 3.63) is 112 Å². The first-order valence-corrected chi connectivity index (χ1v) is 20.1. The first kappa shape index (κ1) is 37.4. The summed E-state index contributed by atoms with van der Waals surface area (Å²) in [4.78, 5) is 71.2. The molecule has 9 rings (SSSR count). The van der Waals surface area contributed by atoms with Gasteiger partial charge in [-0.2, -0.15) is 4.98 Å². The Balaban J connectivity index is 0.821. The summed E-state index contributed by atoms with van der Waals surface area (Å²) >= 11 is 0. The largest absolute Gasteiger partial charge is 0.384 e. The molecule has 2 atom stereocenters. The van der Waals surface area contributed by atoms with E-state index in [1.165, 1.54) is 16.4 Å². The number of piperazine rings is 1. The highest BCUT2D eigenvalue weighted by Gasteiger charge is 2.40. The van der Waals surface area contributed by atoms with Crippen LogP contribution in [0, 0.1) is 0 Å². The third kappa shape index (κ3) is 6.73. The topological polar surface area (TPSA) is 171 Å². The van der Waals surface area contributed by atoms with Crippen LogP contribution in [0.4, 0.5) is 17.3 Å². The van der Waals surface area contributed by atoms with Crippen molar-refractivity contribution < 1.29 is 19.5 Å². The minimum atomic E-state index is -0.998. The number of benzene rings is 2. The van der Waals surface area contributed by atoms with Crippen LogP contribution in [0.25, 0.3) is 16.9 Å². The van der Waals surface area contributed by atoms with Crippen molar-refractivity contribution >= 4 is 46.1 Å². The summed E-state index contributed by atoms with van der Waals surface area (Å²) in [6.07, 6.45) is 6.60. The molecule has 2 saturated heterocycles. The van der Waals surface area contributed by atoms with Gasteiger partial charge in [-0.15, -0.1) is 6.58 Å². The summed E-state index contributed by atoms with van der Waals surface area (Å²) in [6.45, 7) is 10.9. The minimum Gasteiger partial charge on any atom is -0.384 e. The second-order valence-corrected chi connectivity index (χ2v) is 15.6. The zero-order valence-electron chi connectivity index (χ0n) is 32.5. The van der Waals surface area contributed by atoms with Crippen LogP contribution in [0.15, 0.2) is 78.2 Å². The fourth-order valence-corrected chi connectivity index (χ4v) is 8.77. The van der Waals surface area contributed by atoms with Gasteiger partial charge in [-0.1, -0.05) is 31.2 Å². The molecule has 3 N–H and O–H groups in total. The molecule has 3 aromatic heterocycles. The lowest BCUT2D eigenvalue weighted by Gasteiger charge is -2.36. The molecule has 1 aliphatic carbocycles. The number of anilines is 3. The van der Waals surface area contributed by atoms with Crippen LogP contribution in [0.1, 0.15) is 65.3 Å². The molecule has 5 aromatic rings. The molecule has 3 amide bonds. The first-order valence-electron chi connectivity index (χ1n) is 20.1. The number of nitrogens with zero attached hydrogens (tertiary/aromatic N) is 8. The van der Waals surface area contributed by atoms with E-state index in [4.69, 9.17) is 9.97 Å². The minimum absolute atomic E-state index is 0.155. The molecular weight excluding hydrogens is 737 g/mol. The van der Waals surface area contributed by atoms with Crippen molar-refractivity contribution in [3.8, 4) is 5.82 Å². The van der Waals surface area contributed by atoms with E-state index in [0.29, 0.717) is 59.9 Å². The van der Waals surface area contributed by atoms with E-state index >= 15 is 0 Å². The fraction of sp³-hybridized carbons (Fsp3) is 0.372. The first-order chi connectivity index (χ1) is 28.1. The van der Waals surface area contributed by atoms with Gasteiger partial charge >= 0.3 is 0 Å². The number of aryl methyl sites for hydroxylation is 1. The molecule has 4 aliphatic rings. The Morgan fingerprint density at radius 3 is 2.55 bits per heavy atom. The van der Waals surface area contributed by atoms with Crippen molar-refractivity contribution in [2.24, 2.45) is 0 Å². The second-order valence-electron chi connectivity index (χ2n) is 15.6. The molecule has 3 aliphatic heterocycles. The Morgan fingerprint density at radius 1 is 0.983 bits per heavy atom. The number of amides is 3. The van der Waals surface area contributed by atoms with Gasteiger partial charge in [0.1, 0.15) is 17.0 Å². The molecular formula is C43H46N10O5. The standard InChI is InChI=1S/C43H46N10O5/c1-3-18-52-41(57)33-25-44-42(48-38(33)53(52)35-13-7-28-15-17-43(58,4-2)37(28)46-35)45-30-8-5-27(6-9-30)16-19-49-20-22-50(23-21-49)31-10-11-32-29(24-31)26-51(40(32)56)34-12-14-36(54)47-39(34)55/h3,5-11,13,24-25,34,58H,1,4,12,14-23,26H2,2H3,(H,44,45,48)(H,47,54,55)/t34?,43-/m1/s1. The highest BCUT2D eigenvalue weighted by molar-refractivity contribution is 6.05. The average molecular weight is 783 g/mol. The Morgan fingerprint density at radius 2 is 1.79 bits per heavy atom. The van der Waals surface area contributed by atoms with E-state index in [9.17, 15) is 24.3 Å². The third-order valence-electron chi connectivity index (χ3n) is 12.2. The van der Waals surface area contributed by atoms with Crippen LogP contribution in [0.2, 0.25) is 0 Å². The summed E-state index contributed by atoms with van der Waals surface area (Å²) in [7, 11) is 0. The maximum Gasteiger partial charge on any atom is 0.278 e. The highest BCUT2D eigenvalue weighted by atomic mass is 16.3. The van der Waals surface area contributed by atoms with Crippen molar-refractivity contribution in [1.29, 1.82) is 0 Å². The van der Waals surface area contributed by atoms with Gasteiger partial charge in [0, 0.05) is 68.8 Å². The van der Waals surface area contributed by atoms with E-state index in [-0.39, 0.29) is 30.3 Å². The Hall–Kier alpha value is -6.19. The second kappa shape index (κ2) is 15.0. The quantitative estimate of drug-likeness (QED) is 0.132. The number of allylic oxidation sites excluding steroid dienone is 1. The maximum atomic E-state index is 13.5. The lowest BCUT2D eigenvalue weighted by atomic mass is 9.98. The normalized spacial score (nSPS) is 20.7. The number of hydrogen-bond donors (Lipinski definition) is 3. The number of imide groups is 1. The molecule has 15 heteroatoms. The number of carbonyl (C=O) groups is 3. The molecule has 6 heterocycles. The number of pyridine rings is 1. The summed E-state index contributed by atoms with van der Waals surface area (Å²) in [5.74, 6) is 0.000818. The van der Waals surface area contributed by atoms with Gasteiger partial charge in [0.05, 0.1) is 12.2 Å². The SMILES string of the molecule is C=CCn1c(=O)c2cnc(Nc3ccc(CCN4CCN(c5ccc6c(c5)CN(C5CCC(=O)NC5=O)C6=O)CC4)cc3)nc2n1-c1ccc2c(n1)[C@@](O)(CC)CC2. The molecule has 298 valence electrons. The molecule has 15 nitrogen and oxygen atoms in total. The average Bonchev–Trinajstić information content (AvgIpc) is 3.85. The zero-order valence-corrected chi connectivity index (χ0v) is 32.5. The summed E-state index contributed by atoms with van der Waals surface area (Å²) in [5, 5.41) is 17.3. The molecule has 1 unspecified atom stereocenters. The number of aliphatic hydroxyl groups is 1. The number of hydrogen-bond acceptors (Lipinski definition) is 11. The van der Waals surface area contributed by atoms with E-state index < -0.39 is 17.6 Å². The summed E-state index contributed by atoms with van der Waals surface area (Å²) < 4.78 is 3.23. The van der Waals surface area contributed by atoms with Gasteiger partial charge in [0.15, 0.2) is 11.5 Å². The van der Waals surface area contributed by atoms with Crippen molar-refractivity contribution in [2.45, 2.75) is 70.2 Å². The van der Waals surface area contributed by atoms with Gasteiger partial charge in [-0.25, -0.2) is 19.3 Å². The van der Waals surface area contributed by atoms with Crippen LogP contribution in [0.3, 0.4) is 0 Å². The number of rotatable bonds is 11. The Bertz CT molecular complexity index is 2520. The van der Waals surface area contributed by atoms with Crippen molar-refractivity contribution in [3.63, 3.8) is 0 Å². The predicted molar refractivity (Wildman–Crippen MR) is 218 cm³/mol. The van der Waals surface area contributed by atoms with Crippen LogP contribution in [-0.2, 0) is 41.1 Å². The highest BCUT2D eigenvalue weighted by Crippen LogP contribution is 2.38. The monoisotopic (exact) mass is 782 g/mol. The molecule has 2 aromatic carbocycles. The van der Waals surface area contributed by atoms with Crippen LogP contribution in [-0.4, -0.2) is 95.7 Å². The lowest BCUT2D eigenvalue weighted by Crippen LogP contribution is -2.52. The number of piperidine rings is 1. The number of fused-ring (bicyclic) bond motifs is 3. The van der Waals surface area contributed by atoms with E-state index in [2.05, 4.69) is 50.2 Å². The molecule has 0 bridgehead atoms. The summed E-state index contributed by atoms with van der Waals surface area (Å²) in [6, 6.07) is 17.4. The van der Waals surface area contributed by atoms with Gasteiger partial charge < -0.3 is 20.2 Å². The number of carbonyl (C=O) groups excluding carboxylic acids is 3. The molecule has 58 heavy (non-hydrogen) atoms. The van der Waals surface area contributed by atoms with E-state index in [0.717, 1.165) is 68.1 Å². The Labute approximate surface area is 335 Å². The van der Waals surface area contributed by atoms with E-state index in [1.54, 1.807) is 15.7 Å². The smallest absolute Gasteiger partial charge is 0.278 e. The fourth-order valence-electron chi connectivity index (χ4n) is 8.77. The lowest BCUT2D eigenvalue weighted by molar-refractivity contribution is -0.136. The van der Waals surface area contributed by atoms with Crippen molar-refractivity contribution in [1.82, 2.24) is 39.4 Å². The van der Waals surface area contributed by atoms with Gasteiger partial charge in [0.25, 0.3) is 11.5 Å². The molecule has 0 radical (unpaired) electrons. The van der Waals surface area contributed by atoms with Gasteiger partial charge in [-0.05, 0) is 85.2 Å². The van der Waals surface area contributed by atoms with Crippen LogP contribution in [0.5, 0.6) is 0 Å². The van der Waals surface area contributed by atoms with Crippen LogP contribution >= 0.6 is 0 Å². The van der Waals surface area contributed by atoms with E-state index in [1.807, 2.05) is 43.3 Å². The number of nitrogens with one attached hydrogen (secondary N) is 2. The maximum absolute atomic E-state index is 13.5. The van der Waals surface area contributed by atoms with Crippen LogP contribution < -0.4 is 21.1 Å². The molecule has 2 fully saturated rings. The zero-order chi connectivity index (χ0) is 40.1. The number of aromatic nitrogens is 5. The molecule has 0 spiro atoms. The van der Waals surface area contributed by atoms with Crippen molar-refractivity contribution in [2.75, 3.05) is 42.9 Å². The predicted octanol–water partition coefficient (Wildman–Crippen LogP) is 3.58. The Kier molecular flexibility index (Phi) is 9.64. The summed E-state index contributed by atoms with van der Waals surface area (Å²) in [5.41, 5.74) is 5.47. The van der Waals surface area contributed by atoms with Gasteiger partial charge in [-0.3, -0.25) is 29.4 Å². The third-order valence-corrected chi connectivity index (χ3v) is 12.2.